The highest BCUT2D eigenvalue weighted by Gasteiger charge is 2.20. The van der Waals surface area contributed by atoms with Gasteiger partial charge in [0, 0.05) is 18.3 Å². The highest BCUT2D eigenvalue weighted by atomic mass is 32.2. The summed E-state index contributed by atoms with van der Waals surface area (Å²) in [4.78, 5) is 16.1. The van der Waals surface area contributed by atoms with Gasteiger partial charge in [0.05, 0.1) is 33.5 Å². The zero-order chi connectivity index (χ0) is 19.6. The number of fused-ring (bicyclic) bond motifs is 1. The van der Waals surface area contributed by atoms with Gasteiger partial charge in [-0.2, -0.15) is 23.6 Å². The molecule has 0 aliphatic heterocycles. The number of nitrogens with one attached hydrogen (secondary N) is 1. The summed E-state index contributed by atoms with van der Waals surface area (Å²) < 4.78 is 26.4. The first-order chi connectivity index (χ1) is 12.8. The van der Waals surface area contributed by atoms with Crippen LogP contribution in [-0.2, 0) is 10.0 Å². The molecule has 1 aromatic carbocycles. The molecule has 0 radical (unpaired) electrons. The lowest BCUT2D eigenvalue weighted by Gasteiger charge is -2.06. The fraction of sp³-hybridized carbons (Fsp3) is 0.0625. The number of aromatic nitrogens is 2. The van der Waals surface area contributed by atoms with Gasteiger partial charge < -0.3 is 0 Å². The van der Waals surface area contributed by atoms with Crippen LogP contribution in [0.4, 0.5) is 5.69 Å². The van der Waals surface area contributed by atoms with E-state index in [-0.39, 0.29) is 10.6 Å². The van der Waals surface area contributed by atoms with Gasteiger partial charge in [-0.15, -0.1) is 0 Å². The summed E-state index contributed by atoms with van der Waals surface area (Å²) >= 11 is 0. The van der Waals surface area contributed by atoms with Crippen molar-refractivity contribution in [3.05, 3.63) is 69.7 Å². The molecule has 3 aromatic rings. The molecule has 0 fully saturated rings. The van der Waals surface area contributed by atoms with Crippen molar-refractivity contribution in [1.29, 1.82) is 5.26 Å². The molecule has 0 aliphatic rings. The predicted octanol–water partition coefficient (Wildman–Crippen LogP) is 1.73. The summed E-state index contributed by atoms with van der Waals surface area (Å²) in [5, 5.41) is 23.5. The minimum absolute atomic E-state index is 0.237. The number of nitro benzene ring substituents is 1. The number of sulfonamides is 1. The molecule has 0 saturated carbocycles. The van der Waals surface area contributed by atoms with Crippen molar-refractivity contribution in [3.63, 3.8) is 0 Å². The van der Waals surface area contributed by atoms with E-state index in [0.29, 0.717) is 22.5 Å². The second-order valence-electron chi connectivity index (χ2n) is 5.50. The molecule has 0 amide bonds. The molecule has 1 N–H and O–H groups in total. The number of non-ortho nitro benzene ring substituents is 1. The van der Waals surface area contributed by atoms with E-state index in [1.54, 1.807) is 22.7 Å². The van der Waals surface area contributed by atoms with E-state index in [1.165, 1.54) is 31.5 Å². The lowest BCUT2D eigenvalue weighted by Crippen LogP contribution is -2.19. The number of pyridine rings is 1. The number of hydrogen-bond acceptors (Lipinski definition) is 7. The average molecular weight is 384 g/mol. The zero-order valence-corrected chi connectivity index (χ0v) is 14.7. The van der Waals surface area contributed by atoms with E-state index < -0.39 is 14.9 Å². The number of imidazole rings is 1. The molecule has 10 nitrogen and oxygen atoms in total. The Morgan fingerprint density at radius 3 is 2.85 bits per heavy atom. The molecule has 0 bridgehead atoms. The maximum absolute atomic E-state index is 12.4. The van der Waals surface area contributed by atoms with E-state index in [4.69, 9.17) is 5.26 Å². The lowest BCUT2D eigenvalue weighted by molar-refractivity contribution is -0.385. The van der Waals surface area contributed by atoms with E-state index in [2.05, 4.69) is 10.1 Å². The molecular formula is C16H12N6O4S. The van der Waals surface area contributed by atoms with Crippen molar-refractivity contribution < 1.29 is 13.3 Å². The van der Waals surface area contributed by atoms with E-state index >= 15 is 0 Å². The summed E-state index contributed by atoms with van der Waals surface area (Å²) in [6.07, 6.45) is 4.24. The number of rotatable bonds is 5. The van der Waals surface area contributed by atoms with Gasteiger partial charge in [0.25, 0.3) is 15.7 Å². The highest BCUT2D eigenvalue weighted by molar-refractivity contribution is 7.89. The zero-order valence-electron chi connectivity index (χ0n) is 13.9. The van der Waals surface area contributed by atoms with Crippen molar-refractivity contribution in [3.8, 4) is 6.07 Å². The van der Waals surface area contributed by atoms with Gasteiger partial charge in [-0.3, -0.25) is 14.5 Å². The van der Waals surface area contributed by atoms with Gasteiger partial charge >= 0.3 is 0 Å². The molecule has 27 heavy (non-hydrogen) atoms. The van der Waals surface area contributed by atoms with Crippen LogP contribution in [0.15, 0.2) is 52.7 Å². The first-order valence-electron chi connectivity index (χ1n) is 7.49. The topological polar surface area (TPSA) is 143 Å². The second kappa shape index (κ2) is 6.85. The van der Waals surface area contributed by atoms with Gasteiger partial charge in [0.2, 0.25) is 0 Å². The van der Waals surface area contributed by atoms with Gasteiger partial charge in [-0.25, -0.2) is 4.98 Å². The summed E-state index contributed by atoms with van der Waals surface area (Å²) in [5.41, 5.74) is 1.42. The van der Waals surface area contributed by atoms with E-state index in [9.17, 15) is 18.5 Å². The van der Waals surface area contributed by atoms with Gasteiger partial charge in [-0.1, -0.05) is 6.07 Å². The van der Waals surface area contributed by atoms with Gasteiger partial charge in [0.1, 0.15) is 11.7 Å². The van der Waals surface area contributed by atoms with Gasteiger partial charge in [-0.05, 0) is 24.6 Å². The highest BCUT2D eigenvalue weighted by Crippen LogP contribution is 2.21. The Balaban J connectivity index is 1.89. The minimum Gasteiger partial charge on any atom is -0.297 e. The third-order valence-electron chi connectivity index (χ3n) is 3.71. The van der Waals surface area contributed by atoms with Crippen molar-refractivity contribution in [1.82, 2.24) is 14.2 Å². The van der Waals surface area contributed by atoms with E-state index in [0.717, 1.165) is 6.07 Å². The molecule has 3 rings (SSSR count). The van der Waals surface area contributed by atoms with Crippen molar-refractivity contribution in [2.45, 2.75) is 11.8 Å². The molecule has 0 unspecified atom stereocenters. The lowest BCUT2D eigenvalue weighted by atomic mass is 10.2. The summed E-state index contributed by atoms with van der Waals surface area (Å²) in [6.45, 7) is 1.52. The number of hydrogen-bond donors (Lipinski definition) is 1. The van der Waals surface area contributed by atoms with Crippen molar-refractivity contribution in [2.24, 2.45) is 5.10 Å². The maximum Gasteiger partial charge on any atom is 0.277 e. The Hall–Kier alpha value is -3.78. The third kappa shape index (κ3) is 3.60. The first-order valence-corrected chi connectivity index (χ1v) is 8.97. The molecule has 2 aromatic heterocycles. The second-order valence-corrected chi connectivity index (χ2v) is 7.13. The normalized spacial score (nSPS) is 11.6. The fourth-order valence-electron chi connectivity index (χ4n) is 2.36. The van der Waals surface area contributed by atoms with Gasteiger partial charge in [0.15, 0.2) is 0 Å². The Kier molecular flexibility index (Phi) is 4.57. The van der Waals surface area contributed by atoms with Crippen LogP contribution < -0.4 is 4.83 Å². The standard InChI is InChI=1S/C16H12N6O4S/c1-11-2-4-13(22(23)24)6-15(11)27(25,26)20-19-9-14-8-18-16-5-3-12(7-17)10-21(14)16/h2-6,8-10,20H,1H3/b19-9+. The molecule has 2 heterocycles. The number of nitrogens with zero attached hydrogens (tertiary/aromatic N) is 5. The average Bonchev–Trinajstić information content (AvgIpc) is 3.03. The van der Waals surface area contributed by atoms with Crippen LogP contribution in [-0.4, -0.2) is 28.9 Å². The quantitative estimate of drug-likeness (QED) is 0.403. The summed E-state index contributed by atoms with van der Waals surface area (Å²) in [6, 6.07) is 8.80. The predicted molar refractivity (Wildman–Crippen MR) is 95.7 cm³/mol. The molecule has 0 atom stereocenters. The summed E-state index contributed by atoms with van der Waals surface area (Å²) in [7, 11) is -4.10. The molecular weight excluding hydrogens is 372 g/mol. The number of aryl methyl sites for hydroxylation is 1. The van der Waals surface area contributed by atoms with E-state index in [1.807, 2.05) is 10.9 Å². The molecule has 11 heteroatoms. The smallest absolute Gasteiger partial charge is 0.277 e. The minimum atomic E-state index is -4.10. The van der Waals surface area contributed by atoms with Crippen LogP contribution in [0.1, 0.15) is 16.8 Å². The van der Waals surface area contributed by atoms with Crippen molar-refractivity contribution in [2.75, 3.05) is 0 Å². The van der Waals surface area contributed by atoms with Crippen LogP contribution in [0, 0.1) is 28.4 Å². The fourth-order valence-corrected chi connectivity index (χ4v) is 3.42. The molecule has 0 saturated heterocycles. The van der Waals surface area contributed by atoms with Crippen LogP contribution in [0.5, 0.6) is 0 Å². The van der Waals surface area contributed by atoms with Crippen LogP contribution in [0.3, 0.4) is 0 Å². The van der Waals surface area contributed by atoms with Crippen molar-refractivity contribution >= 4 is 27.6 Å². The molecule has 0 aliphatic carbocycles. The number of nitriles is 1. The number of nitro groups is 1. The Labute approximate surface area is 153 Å². The SMILES string of the molecule is Cc1ccc([N+](=O)[O-])cc1S(=O)(=O)N/N=C/c1cnc2ccc(C#N)cn12. The summed E-state index contributed by atoms with van der Waals surface area (Å²) in [5.74, 6) is 0. The molecule has 136 valence electrons. The number of benzene rings is 1. The molecule has 0 spiro atoms. The monoisotopic (exact) mass is 384 g/mol. The number of hydrazone groups is 1. The van der Waals surface area contributed by atoms with Crippen LogP contribution in [0.2, 0.25) is 0 Å². The maximum atomic E-state index is 12.4. The first kappa shape index (κ1) is 18.0. The Bertz CT molecular complexity index is 1220. The van der Waals surface area contributed by atoms with Crippen LogP contribution in [0.25, 0.3) is 5.65 Å². The largest absolute Gasteiger partial charge is 0.297 e. The van der Waals surface area contributed by atoms with Crippen LogP contribution >= 0.6 is 0 Å². The Morgan fingerprint density at radius 2 is 2.15 bits per heavy atom. The Morgan fingerprint density at radius 1 is 1.37 bits per heavy atom. The third-order valence-corrected chi connectivity index (χ3v) is 5.07.